The van der Waals surface area contributed by atoms with Crippen LogP contribution in [0.5, 0.6) is 0 Å². The van der Waals surface area contributed by atoms with E-state index < -0.39 is 0 Å². The van der Waals surface area contributed by atoms with E-state index in [1.165, 1.54) is 44.1 Å². The molecule has 2 aromatic rings. The lowest BCUT2D eigenvalue weighted by Crippen LogP contribution is -2.49. The maximum absolute atomic E-state index is 14.7. The Labute approximate surface area is 212 Å². The molecule has 1 aromatic carbocycles. The van der Waals surface area contributed by atoms with Crippen LogP contribution in [-0.2, 0) is 13.0 Å². The Morgan fingerprint density at radius 3 is 1.97 bits per heavy atom. The highest BCUT2D eigenvalue weighted by molar-refractivity contribution is 6.03. The van der Waals surface area contributed by atoms with Crippen LogP contribution in [0, 0.1) is 19.8 Å². The summed E-state index contributed by atoms with van der Waals surface area (Å²) in [6.45, 7) is 8.97. The molecule has 35 heavy (non-hydrogen) atoms. The second-order valence-corrected chi connectivity index (χ2v) is 11.3. The van der Waals surface area contributed by atoms with E-state index in [1.807, 2.05) is 6.92 Å². The van der Waals surface area contributed by atoms with Gasteiger partial charge in [0.2, 0.25) is 0 Å². The molecule has 0 atom stereocenters. The summed E-state index contributed by atoms with van der Waals surface area (Å²) in [6.07, 6.45) is 12.9. The molecule has 0 aliphatic heterocycles. The predicted molar refractivity (Wildman–Crippen MR) is 145 cm³/mol. The van der Waals surface area contributed by atoms with Crippen molar-refractivity contribution in [3.8, 4) is 11.1 Å². The van der Waals surface area contributed by atoms with Crippen LogP contribution in [0.4, 0.5) is 0 Å². The van der Waals surface area contributed by atoms with Crippen molar-refractivity contribution in [1.29, 1.82) is 0 Å². The number of carbonyl (C=O) groups excluding carboxylic acids is 1. The van der Waals surface area contributed by atoms with Crippen molar-refractivity contribution in [2.75, 3.05) is 0 Å². The quantitative estimate of drug-likeness (QED) is 0.463. The lowest BCUT2D eigenvalue weighted by atomic mass is 9.85. The minimum absolute atomic E-state index is 0.190. The van der Waals surface area contributed by atoms with Crippen LogP contribution in [0.15, 0.2) is 24.3 Å². The number of nitrogens with two attached hydrogens (primary N) is 1. The van der Waals surface area contributed by atoms with Crippen LogP contribution in [0.2, 0.25) is 0 Å². The first-order valence-corrected chi connectivity index (χ1v) is 14.0. The molecule has 0 unspecified atom stereocenters. The summed E-state index contributed by atoms with van der Waals surface area (Å²) in [4.78, 5) is 22.0. The van der Waals surface area contributed by atoms with Crippen molar-refractivity contribution in [3.05, 3.63) is 52.3 Å². The first kappa shape index (κ1) is 25.9. The molecule has 0 radical (unpaired) electrons. The van der Waals surface area contributed by atoms with Gasteiger partial charge in [0.15, 0.2) is 0 Å². The molecule has 0 saturated heterocycles. The fourth-order valence-electron chi connectivity index (χ4n) is 6.36. The standard InChI is InChI=1S/C31H45N3O/c1-21(2)19-28-27(20-32)30(24-17-15-22(3)16-18-24)29(23(4)33-28)31(35)34(25-11-7-5-8-12-25)26-13-9-6-10-14-26/h15-18,21,25-26H,5-14,19-20,32H2,1-4H3. The zero-order chi connectivity index (χ0) is 24.9. The van der Waals surface area contributed by atoms with E-state index in [0.717, 1.165) is 65.7 Å². The number of rotatable bonds is 7. The Morgan fingerprint density at radius 2 is 1.49 bits per heavy atom. The molecule has 2 fully saturated rings. The van der Waals surface area contributed by atoms with Crippen molar-refractivity contribution in [1.82, 2.24) is 9.88 Å². The fourth-order valence-corrected chi connectivity index (χ4v) is 6.36. The summed E-state index contributed by atoms with van der Waals surface area (Å²) in [5, 5.41) is 0. The van der Waals surface area contributed by atoms with Crippen molar-refractivity contribution in [3.63, 3.8) is 0 Å². The van der Waals surface area contributed by atoms with E-state index in [2.05, 4.69) is 49.9 Å². The monoisotopic (exact) mass is 475 g/mol. The van der Waals surface area contributed by atoms with Gasteiger partial charge in [0, 0.05) is 29.9 Å². The van der Waals surface area contributed by atoms with E-state index in [1.54, 1.807) is 0 Å². The molecule has 4 nitrogen and oxygen atoms in total. The lowest BCUT2D eigenvalue weighted by molar-refractivity contribution is 0.0448. The third kappa shape index (κ3) is 5.80. The molecule has 4 rings (SSSR count). The van der Waals surface area contributed by atoms with Crippen molar-refractivity contribution < 1.29 is 4.79 Å². The second kappa shape index (κ2) is 11.7. The van der Waals surface area contributed by atoms with Crippen LogP contribution in [0.3, 0.4) is 0 Å². The van der Waals surface area contributed by atoms with Crippen LogP contribution in [0.25, 0.3) is 11.1 Å². The van der Waals surface area contributed by atoms with E-state index in [0.29, 0.717) is 24.5 Å². The molecule has 2 aliphatic carbocycles. The number of nitrogens with zero attached hydrogens (tertiary/aromatic N) is 2. The number of pyridine rings is 1. The topological polar surface area (TPSA) is 59.2 Å². The molecule has 2 aliphatic rings. The van der Waals surface area contributed by atoms with Crippen LogP contribution in [-0.4, -0.2) is 27.9 Å². The first-order valence-electron chi connectivity index (χ1n) is 14.0. The highest BCUT2D eigenvalue weighted by Crippen LogP contribution is 2.37. The van der Waals surface area contributed by atoms with Gasteiger partial charge in [0.25, 0.3) is 5.91 Å². The molecule has 1 amide bonds. The molecule has 0 bridgehead atoms. The molecular formula is C31H45N3O. The molecule has 0 spiro atoms. The summed E-state index contributed by atoms with van der Waals surface area (Å²) < 4.78 is 0. The summed E-state index contributed by atoms with van der Waals surface area (Å²) >= 11 is 0. The van der Waals surface area contributed by atoms with Gasteiger partial charge < -0.3 is 10.6 Å². The van der Waals surface area contributed by atoms with Gasteiger partial charge in [-0.3, -0.25) is 9.78 Å². The van der Waals surface area contributed by atoms with Gasteiger partial charge in [-0.2, -0.15) is 0 Å². The molecule has 2 N–H and O–H groups in total. The van der Waals surface area contributed by atoms with E-state index in [-0.39, 0.29) is 5.91 Å². The number of hydrogen-bond acceptors (Lipinski definition) is 3. The van der Waals surface area contributed by atoms with Crippen molar-refractivity contribution >= 4 is 5.91 Å². The summed E-state index contributed by atoms with van der Waals surface area (Å²) in [5.74, 6) is 0.663. The summed E-state index contributed by atoms with van der Waals surface area (Å²) in [6, 6.07) is 9.29. The predicted octanol–water partition coefficient (Wildman–Crippen LogP) is 7.13. The number of aryl methyl sites for hydroxylation is 2. The minimum atomic E-state index is 0.190. The average molecular weight is 476 g/mol. The van der Waals surface area contributed by atoms with E-state index >= 15 is 0 Å². The Kier molecular flexibility index (Phi) is 8.64. The van der Waals surface area contributed by atoms with Gasteiger partial charge in [-0.1, -0.05) is 82.2 Å². The lowest BCUT2D eigenvalue weighted by Gasteiger charge is -2.42. The van der Waals surface area contributed by atoms with Gasteiger partial charge in [-0.15, -0.1) is 0 Å². The van der Waals surface area contributed by atoms with Crippen LogP contribution < -0.4 is 5.73 Å². The molecular weight excluding hydrogens is 430 g/mol. The van der Waals surface area contributed by atoms with Gasteiger partial charge in [-0.25, -0.2) is 0 Å². The highest BCUT2D eigenvalue weighted by atomic mass is 16.2. The van der Waals surface area contributed by atoms with E-state index in [9.17, 15) is 4.79 Å². The van der Waals surface area contributed by atoms with Crippen LogP contribution in [0.1, 0.15) is 111 Å². The zero-order valence-electron chi connectivity index (χ0n) is 22.4. The van der Waals surface area contributed by atoms with Gasteiger partial charge in [-0.05, 0) is 63.0 Å². The summed E-state index contributed by atoms with van der Waals surface area (Å²) in [7, 11) is 0. The Hall–Kier alpha value is -2.20. The zero-order valence-corrected chi connectivity index (χ0v) is 22.4. The number of benzene rings is 1. The maximum atomic E-state index is 14.7. The molecule has 190 valence electrons. The third-order valence-electron chi connectivity index (χ3n) is 8.10. The Balaban J connectivity index is 1.88. The van der Waals surface area contributed by atoms with Crippen molar-refractivity contribution in [2.45, 2.75) is 117 Å². The average Bonchev–Trinajstić information content (AvgIpc) is 2.85. The highest BCUT2D eigenvalue weighted by Gasteiger charge is 2.36. The van der Waals surface area contributed by atoms with Gasteiger partial charge >= 0.3 is 0 Å². The summed E-state index contributed by atoms with van der Waals surface area (Å²) in [5.41, 5.74) is 13.5. The minimum Gasteiger partial charge on any atom is -0.333 e. The smallest absolute Gasteiger partial charge is 0.256 e. The normalized spacial score (nSPS) is 17.7. The largest absolute Gasteiger partial charge is 0.333 e. The maximum Gasteiger partial charge on any atom is 0.256 e. The number of aromatic nitrogens is 1. The SMILES string of the molecule is Cc1ccc(-c2c(CN)c(CC(C)C)nc(C)c2C(=O)N(C2CCCCC2)C2CCCCC2)cc1. The van der Waals surface area contributed by atoms with Gasteiger partial charge in [0.1, 0.15) is 0 Å². The molecule has 2 saturated carbocycles. The molecule has 4 heteroatoms. The second-order valence-electron chi connectivity index (χ2n) is 11.3. The molecule has 1 heterocycles. The van der Waals surface area contributed by atoms with Gasteiger partial charge in [0.05, 0.1) is 11.3 Å². The fraction of sp³-hybridized carbons (Fsp3) is 0.613. The van der Waals surface area contributed by atoms with E-state index in [4.69, 9.17) is 10.7 Å². The Morgan fingerprint density at radius 1 is 0.943 bits per heavy atom. The third-order valence-corrected chi connectivity index (χ3v) is 8.10. The van der Waals surface area contributed by atoms with Crippen molar-refractivity contribution in [2.24, 2.45) is 11.7 Å². The van der Waals surface area contributed by atoms with Crippen LogP contribution >= 0.6 is 0 Å². The molecule has 1 aromatic heterocycles. The first-order chi connectivity index (χ1) is 16.9. The Bertz CT molecular complexity index is 981. The number of amides is 1. The number of carbonyl (C=O) groups is 1. The number of hydrogen-bond donors (Lipinski definition) is 1.